The highest BCUT2D eigenvalue weighted by atomic mass is 35.5. The lowest BCUT2D eigenvalue weighted by atomic mass is 9.92. The molecule has 96 valence electrons. The summed E-state index contributed by atoms with van der Waals surface area (Å²) < 4.78 is 0.893. The number of thiophene rings is 1. The fourth-order valence-corrected chi connectivity index (χ4v) is 3.60. The van der Waals surface area contributed by atoms with E-state index < -0.39 is 0 Å². The van der Waals surface area contributed by atoms with Crippen LogP contribution >= 0.6 is 22.9 Å². The Labute approximate surface area is 113 Å². The summed E-state index contributed by atoms with van der Waals surface area (Å²) in [6, 6.07) is 2.60. The molecule has 0 bridgehead atoms. The van der Waals surface area contributed by atoms with Crippen LogP contribution in [0.3, 0.4) is 0 Å². The highest BCUT2D eigenvalue weighted by molar-refractivity contribution is 7.14. The molecule has 0 aromatic carbocycles. The smallest absolute Gasteiger partial charge is 0.0931 e. The van der Waals surface area contributed by atoms with Crippen LogP contribution < -0.4 is 5.73 Å². The van der Waals surface area contributed by atoms with E-state index in [1.54, 1.807) is 11.3 Å². The first-order chi connectivity index (χ1) is 8.20. The van der Waals surface area contributed by atoms with Gasteiger partial charge in [0.1, 0.15) is 0 Å². The predicted molar refractivity (Wildman–Crippen MR) is 75.7 cm³/mol. The number of halogens is 1. The molecule has 4 heteroatoms. The van der Waals surface area contributed by atoms with E-state index in [4.69, 9.17) is 17.3 Å². The summed E-state index contributed by atoms with van der Waals surface area (Å²) >= 11 is 7.62. The zero-order valence-corrected chi connectivity index (χ0v) is 11.9. The first kappa shape index (κ1) is 13.3. The zero-order chi connectivity index (χ0) is 12.3. The second-order valence-electron chi connectivity index (χ2n) is 4.92. The van der Waals surface area contributed by atoms with E-state index >= 15 is 0 Å². The molecule has 2 rings (SSSR count). The van der Waals surface area contributed by atoms with Gasteiger partial charge in [-0.15, -0.1) is 11.3 Å². The molecule has 1 atom stereocenters. The van der Waals surface area contributed by atoms with Gasteiger partial charge < -0.3 is 5.73 Å². The normalized spacial score (nSPS) is 20.6. The van der Waals surface area contributed by atoms with Crippen molar-refractivity contribution in [3.8, 4) is 0 Å². The Morgan fingerprint density at radius 2 is 2.24 bits per heavy atom. The summed E-state index contributed by atoms with van der Waals surface area (Å²) in [6.45, 7) is 5.50. The zero-order valence-electron chi connectivity index (χ0n) is 10.4. The Hall–Kier alpha value is -0.0900. The average Bonchev–Trinajstić information content (AvgIpc) is 2.76. The van der Waals surface area contributed by atoms with E-state index in [0.29, 0.717) is 6.04 Å². The van der Waals surface area contributed by atoms with E-state index in [-0.39, 0.29) is 0 Å². The van der Waals surface area contributed by atoms with Crippen molar-refractivity contribution in [1.29, 1.82) is 0 Å². The fraction of sp³-hybridized carbons (Fsp3) is 0.692. The highest BCUT2D eigenvalue weighted by Gasteiger charge is 2.23. The average molecular weight is 273 g/mol. The number of nitrogens with zero attached hydrogens (tertiary/aromatic N) is 1. The van der Waals surface area contributed by atoms with Crippen LogP contribution in [0, 0.1) is 5.92 Å². The van der Waals surface area contributed by atoms with Crippen molar-refractivity contribution < 1.29 is 0 Å². The molecule has 0 radical (unpaired) electrons. The molecule has 1 aliphatic rings. The number of piperidine rings is 1. The van der Waals surface area contributed by atoms with Crippen molar-refractivity contribution in [3.05, 3.63) is 21.3 Å². The van der Waals surface area contributed by atoms with Crippen molar-refractivity contribution in [2.75, 3.05) is 19.6 Å². The van der Waals surface area contributed by atoms with Gasteiger partial charge in [-0.05, 0) is 68.7 Å². The minimum Gasteiger partial charge on any atom is -0.330 e. The fourth-order valence-electron chi connectivity index (χ4n) is 2.62. The molecule has 1 saturated heterocycles. The lowest BCUT2D eigenvalue weighted by molar-refractivity contribution is 0.138. The van der Waals surface area contributed by atoms with Crippen molar-refractivity contribution >= 4 is 22.9 Å². The van der Waals surface area contributed by atoms with E-state index in [0.717, 1.165) is 16.8 Å². The van der Waals surface area contributed by atoms with Gasteiger partial charge in [0.05, 0.1) is 4.34 Å². The molecule has 0 saturated carbocycles. The molecule has 2 nitrogen and oxygen atoms in total. The molecular weight excluding hydrogens is 252 g/mol. The molecule has 1 aromatic heterocycles. The van der Waals surface area contributed by atoms with E-state index in [1.165, 1.54) is 37.9 Å². The molecule has 1 fully saturated rings. The molecule has 1 unspecified atom stereocenters. The molecular formula is C13H21ClN2S. The summed E-state index contributed by atoms with van der Waals surface area (Å²) in [6.07, 6.45) is 3.77. The summed E-state index contributed by atoms with van der Waals surface area (Å²) in [5.41, 5.74) is 6.98. The predicted octanol–water partition coefficient (Wildman–Crippen LogP) is 3.52. The van der Waals surface area contributed by atoms with Crippen molar-refractivity contribution in [1.82, 2.24) is 4.90 Å². The number of likely N-dealkylation sites (tertiary alicyclic amines) is 1. The van der Waals surface area contributed by atoms with Gasteiger partial charge in [0.2, 0.25) is 0 Å². The van der Waals surface area contributed by atoms with Crippen molar-refractivity contribution in [2.24, 2.45) is 11.7 Å². The Balaban J connectivity index is 1.88. The minimum absolute atomic E-state index is 0.498. The van der Waals surface area contributed by atoms with Crippen LogP contribution in [-0.2, 0) is 0 Å². The first-order valence-corrected chi connectivity index (χ1v) is 7.64. The Morgan fingerprint density at radius 3 is 2.76 bits per heavy atom. The quantitative estimate of drug-likeness (QED) is 0.909. The lowest BCUT2D eigenvalue weighted by Gasteiger charge is -2.35. The lowest BCUT2D eigenvalue weighted by Crippen LogP contribution is -2.36. The molecule has 17 heavy (non-hydrogen) atoms. The van der Waals surface area contributed by atoms with Crippen LogP contribution in [0.2, 0.25) is 4.34 Å². The number of nitrogens with two attached hydrogens (primary N) is 1. The standard InChI is InChI=1S/C13H21ClN2S/c1-10(12-8-13(14)17-9-12)16-6-3-11(2-5-15)4-7-16/h8-11H,2-7,15H2,1H3. The highest BCUT2D eigenvalue weighted by Crippen LogP contribution is 2.31. The Bertz CT molecular complexity index is 345. The first-order valence-electron chi connectivity index (χ1n) is 6.38. The Morgan fingerprint density at radius 1 is 1.53 bits per heavy atom. The van der Waals surface area contributed by atoms with Crippen molar-refractivity contribution in [3.63, 3.8) is 0 Å². The maximum absolute atomic E-state index is 5.99. The van der Waals surface area contributed by atoms with Crippen LogP contribution in [0.5, 0.6) is 0 Å². The van der Waals surface area contributed by atoms with Gasteiger partial charge in [0, 0.05) is 6.04 Å². The van der Waals surface area contributed by atoms with Crippen molar-refractivity contribution in [2.45, 2.75) is 32.2 Å². The number of rotatable bonds is 4. The van der Waals surface area contributed by atoms with Crippen LogP contribution in [0.1, 0.15) is 37.8 Å². The largest absolute Gasteiger partial charge is 0.330 e. The summed E-state index contributed by atoms with van der Waals surface area (Å²) in [4.78, 5) is 2.56. The third kappa shape index (κ3) is 3.44. The molecule has 0 spiro atoms. The molecule has 0 amide bonds. The maximum atomic E-state index is 5.99. The third-order valence-corrected chi connectivity index (χ3v) is 4.95. The van der Waals surface area contributed by atoms with Gasteiger partial charge in [-0.3, -0.25) is 4.90 Å². The number of hydrogen-bond acceptors (Lipinski definition) is 3. The summed E-state index contributed by atoms with van der Waals surface area (Å²) in [5, 5.41) is 2.18. The third-order valence-electron chi connectivity index (χ3n) is 3.84. The van der Waals surface area contributed by atoms with Crippen LogP contribution in [0.15, 0.2) is 11.4 Å². The minimum atomic E-state index is 0.498. The van der Waals surface area contributed by atoms with E-state index in [2.05, 4.69) is 23.3 Å². The van der Waals surface area contributed by atoms with Gasteiger partial charge in [-0.1, -0.05) is 11.6 Å². The second kappa shape index (κ2) is 6.19. The second-order valence-corrected chi connectivity index (χ2v) is 6.46. The van der Waals surface area contributed by atoms with E-state index in [9.17, 15) is 0 Å². The molecule has 0 aliphatic carbocycles. The van der Waals surface area contributed by atoms with Gasteiger partial charge in [0.25, 0.3) is 0 Å². The molecule has 1 aromatic rings. The van der Waals surface area contributed by atoms with Crippen LogP contribution in [0.4, 0.5) is 0 Å². The summed E-state index contributed by atoms with van der Waals surface area (Å²) in [5.74, 6) is 0.842. The van der Waals surface area contributed by atoms with Crippen LogP contribution in [0.25, 0.3) is 0 Å². The molecule has 2 heterocycles. The van der Waals surface area contributed by atoms with Gasteiger partial charge in [-0.25, -0.2) is 0 Å². The summed E-state index contributed by atoms with van der Waals surface area (Å²) in [7, 11) is 0. The number of hydrogen-bond donors (Lipinski definition) is 1. The molecule has 1 aliphatic heterocycles. The van der Waals surface area contributed by atoms with Crippen LogP contribution in [-0.4, -0.2) is 24.5 Å². The van der Waals surface area contributed by atoms with Gasteiger partial charge >= 0.3 is 0 Å². The van der Waals surface area contributed by atoms with E-state index in [1.807, 2.05) is 0 Å². The maximum Gasteiger partial charge on any atom is 0.0931 e. The SMILES string of the molecule is CC(c1csc(Cl)c1)N1CCC(CCN)CC1. The topological polar surface area (TPSA) is 29.3 Å². The van der Waals surface area contributed by atoms with Gasteiger partial charge in [0.15, 0.2) is 0 Å². The molecule has 2 N–H and O–H groups in total. The Kier molecular flexibility index (Phi) is 4.86. The van der Waals surface area contributed by atoms with Gasteiger partial charge in [-0.2, -0.15) is 0 Å². The monoisotopic (exact) mass is 272 g/mol.